The number of hydrogen-bond acceptors (Lipinski definition) is 4. The van der Waals surface area contributed by atoms with Gasteiger partial charge in [-0.1, -0.05) is 23.7 Å². The van der Waals surface area contributed by atoms with Gasteiger partial charge in [0.2, 0.25) is 0 Å². The molecule has 2 aromatic carbocycles. The van der Waals surface area contributed by atoms with Gasteiger partial charge in [0.25, 0.3) is 0 Å². The number of rotatable bonds is 1. The Hall–Kier alpha value is -2.40. The van der Waals surface area contributed by atoms with Crippen LogP contribution in [0, 0.1) is 0 Å². The first-order valence-electron chi connectivity index (χ1n) is 10.7. The van der Waals surface area contributed by atoms with E-state index < -0.39 is 5.60 Å². The SMILES string of the molecule is CC(C)(C)OC(=O)N1[C@@H]2CC[C@H]1CC(N1c3ccccc3Oc3cc(Cl)ccc31)C2. The molecular formula is C24H27ClN2O3. The molecule has 3 aliphatic rings. The molecule has 30 heavy (non-hydrogen) atoms. The van der Waals surface area contributed by atoms with Crippen molar-refractivity contribution in [1.29, 1.82) is 0 Å². The molecule has 0 saturated carbocycles. The van der Waals surface area contributed by atoms with Gasteiger partial charge in [0.1, 0.15) is 5.60 Å². The lowest BCUT2D eigenvalue weighted by molar-refractivity contribution is 0.00613. The smallest absolute Gasteiger partial charge is 0.410 e. The Kier molecular flexibility index (Phi) is 4.62. The van der Waals surface area contributed by atoms with E-state index in [0.29, 0.717) is 5.02 Å². The van der Waals surface area contributed by atoms with E-state index in [1.807, 2.05) is 62.1 Å². The lowest BCUT2D eigenvalue weighted by atomic mass is 9.94. The highest BCUT2D eigenvalue weighted by Gasteiger charge is 2.47. The van der Waals surface area contributed by atoms with Crippen molar-refractivity contribution in [3.05, 3.63) is 47.5 Å². The van der Waals surface area contributed by atoms with Gasteiger partial charge in [-0.2, -0.15) is 0 Å². The molecule has 158 valence electrons. The third-order valence-electron chi connectivity index (χ3n) is 6.20. The summed E-state index contributed by atoms with van der Waals surface area (Å²) in [6, 6.07) is 14.7. The molecule has 0 aliphatic carbocycles. The predicted octanol–water partition coefficient (Wildman–Crippen LogP) is 6.51. The van der Waals surface area contributed by atoms with Crippen LogP contribution in [-0.4, -0.2) is 34.7 Å². The van der Waals surface area contributed by atoms with E-state index in [2.05, 4.69) is 11.0 Å². The zero-order valence-electron chi connectivity index (χ0n) is 17.6. The zero-order valence-corrected chi connectivity index (χ0v) is 18.4. The third kappa shape index (κ3) is 3.39. The molecule has 2 fully saturated rings. The Bertz CT molecular complexity index is 973. The van der Waals surface area contributed by atoms with Gasteiger partial charge in [-0.15, -0.1) is 0 Å². The van der Waals surface area contributed by atoms with Crippen molar-refractivity contribution in [2.75, 3.05) is 4.90 Å². The highest BCUT2D eigenvalue weighted by molar-refractivity contribution is 6.30. The Labute approximate surface area is 182 Å². The van der Waals surface area contributed by atoms with Crippen LogP contribution < -0.4 is 9.64 Å². The first-order chi connectivity index (χ1) is 14.3. The Balaban J connectivity index is 1.46. The van der Waals surface area contributed by atoms with E-state index in [1.165, 1.54) is 0 Å². The Morgan fingerprint density at radius 1 is 1.00 bits per heavy atom. The molecule has 0 aromatic heterocycles. The fourth-order valence-electron chi connectivity index (χ4n) is 5.12. The second-order valence-corrected chi connectivity index (χ2v) is 9.89. The topological polar surface area (TPSA) is 42.0 Å². The summed E-state index contributed by atoms with van der Waals surface area (Å²) in [6.07, 6.45) is 3.70. The maximum absolute atomic E-state index is 12.8. The van der Waals surface area contributed by atoms with Crippen LogP contribution in [0.1, 0.15) is 46.5 Å². The van der Waals surface area contributed by atoms with Crippen molar-refractivity contribution >= 4 is 29.1 Å². The van der Waals surface area contributed by atoms with Crippen LogP contribution in [0.3, 0.4) is 0 Å². The predicted molar refractivity (Wildman–Crippen MR) is 118 cm³/mol. The molecule has 2 saturated heterocycles. The number of nitrogens with zero attached hydrogens (tertiary/aromatic N) is 2. The molecule has 0 radical (unpaired) electrons. The number of piperidine rings is 1. The highest BCUT2D eigenvalue weighted by Crippen LogP contribution is 2.51. The fourth-order valence-corrected chi connectivity index (χ4v) is 5.29. The number of anilines is 2. The minimum atomic E-state index is -0.477. The van der Waals surface area contributed by atoms with E-state index >= 15 is 0 Å². The van der Waals surface area contributed by atoms with Crippen LogP contribution in [0.15, 0.2) is 42.5 Å². The number of carbonyl (C=O) groups excluding carboxylic acids is 1. The monoisotopic (exact) mass is 426 g/mol. The molecule has 0 N–H and O–H groups in total. The number of ether oxygens (including phenoxy) is 2. The van der Waals surface area contributed by atoms with Gasteiger partial charge < -0.3 is 19.3 Å². The second-order valence-electron chi connectivity index (χ2n) is 9.45. The van der Waals surface area contributed by atoms with E-state index in [-0.39, 0.29) is 24.2 Å². The van der Waals surface area contributed by atoms with Crippen LogP contribution in [0.2, 0.25) is 5.02 Å². The molecule has 3 heterocycles. The molecule has 6 heteroatoms. The van der Waals surface area contributed by atoms with Gasteiger partial charge in [-0.05, 0) is 70.7 Å². The first kappa shape index (κ1) is 19.6. The summed E-state index contributed by atoms with van der Waals surface area (Å²) in [7, 11) is 0. The number of amides is 1. The normalized spacial score (nSPS) is 24.7. The largest absolute Gasteiger partial charge is 0.453 e. The van der Waals surface area contributed by atoms with Crippen molar-refractivity contribution in [1.82, 2.24) is 4.90 Å². The minimum Gasteiger partial charge on any atom is -0.453 e. The average Bonchev–Trinajstić information content (AvgIpc) is 2.95. The van der Waals surface area contributed by atoms with Gasteiger partial charge in [0.15, 0.2) is 11.5 Å². The second kappa shape index (κ2) is 7.09. The molecule has 5 nitrogen and oxygen atoms in total. The summed E-state index contributed by atoms with van der Waals surface area (Å²) in [5.41, 5.74) is 1.63. The summed E-state index contributed by atoms with van der Waals surface area (Å²) in [4.78, 5) is 17.2. The minimum absolute atomic E-state index is 0.178. The summed E-state index contributed by atoms with van der Waals surface area (Å²) in [6.45, 7) is 5.77. The van der Waals surface area contributed by atoms with Gasteiger partial charge in [0, 0.05) is 29.2 Å². The fraction of sp³-hybridized carbons (Fsp3) is 0.458. The van der Waals surface area contributed by atoms with E-state index in [1.54, 1.807) is 0 Å². The molecule has 5 rings (SSSR count). The Morgan fingerprint density at radius 3 is 2.37 bits per heavy atom. The van der Waals surface area contributed by atoms with Crippen LogP contribution >= 0.6 is 11.6 Å². The standard InChI is InChI=1S/C24H27ClN2O3/c1-24(2,3)30-23(28)26-16-9-10-17(26)14-18(13-16)27-19-6-4-5-7-21(19)29-22-12-15(25)8-11-20(22)27/h4-8,11-12,16-18H,9-10,13-14H2,1-3H3/t16-,17+,18?. The molecule has 0 spiro atoms. The lowest BCUT2D eigenvalue weighted by Gasteiger charge is -2.45. The molecule has 1 amide bonds. The maximum atomic E-state index is 12.8. The van der Waals surface area contributed by atoms with Crippen LogP contribution in [-0.2, 0) is 4.74 Å². The molecule has 1 unspecified atom stereocenters. The molecule has 3 aliphatic heterocycles. The number of benzene rings is 2. The van der Waals surface area contributed by atoms with Gasteiger partial charge in [-0.3, -0.25) is 0 Å². The average molecular weight is 427 g/mol. The van der Waals surface area contributed by atoms with Gasteiger partial charge >= 0.3 is 6.09 Å². The number of halogens is 1. The van der Waals surface area contributed by atoms with Crippen LogP contribution in [0.5, 0.6) is 11.5 Å². The van der Waals surface area contributed by atoms with Crippen LogP contribution in [0.4, 0.5) is 16.2 Å². The molecular weight excluding hydrogens is 400 g/mol. The van der Waals surface area contributed by atoms with Crippen molar-refractivity contribution in [3.8, 4) is 11.5 Å². The van der Waals surface area contributed by atoms with Crippen LogP contribution in [0.25, 0.3) is 0 Å². The third-order valence-corrected chi connectivity index (χ3v) is 6.44. The van der Waals surface area contributed by atoms with Gasteiger partial charge in [0.05, 0.1) is 11.4 Å². The summed E-state index contributed by atoms with van der Waals surface area (Å²) >= 11 is 6.24. The van der Waals surface area contributed by atoms with E-state index in [4.69, 9.17) is 21.1 Å². The summed E-state index contributed by atoms with van der Waals surface area (Å²) in [5.74, 6) is 1.62. The number of hydrogen-bond donors (Lipinski definition) is 0. The summed E-state index contributed by atoms with van der Waals surface area (Å²) < 4.78 is 11.9. The molecule has 2 aromatic rings. The lowest BCUT2D eigenvalue weighted by Crippen LogP contribution is -2.53. The zero-order chi connectivity index (χ0) is 21.0. The summed E-state index contributed by atoms with van der Waals surface area (Å²) in [5, 5.41) is 0.660. The number of para-hydroxylation sites is 2. The van der Waals surface area contributed by atoms with Gasteiger partial charge in [-0.25, -0.2) is 4.79 Å². The maximum Gasteiger partial charge on any atom is 0.410 e. The molecule has 3 atom stereocenters. The van der Waals surface area contributed by atoms with Crippen molar-refractivity contribution in [2.45, 2.75) is 70.2 Å². The number of fused-ring (bicyclic) bond motifs is 4. The first-order valence-corrected chi connectivity index (χ1v) is 11.0. The van der Waals surface area contributed by atoms with E-state index in [0.717, 1.165) is 48.6 Å². The Morgan fingerprint density at radius 2 is 1.67 bits per heavy atom. The quantitative estimate of drug-likeness (QED) is 0.521. The number of carbonyl (C=O) groups is 1. The molecule has 2 bridgehead atoms. The van der Waals surface area contributed by atoms with Crippen molar-refractivity contribution in [2.24, 2.45) is 0 Å². The van der Waals surface area contributed by atoms with Crippen molar-refractivity contribution < 1.29 is 14.3 Å². The highest BCUT2D eigenvalue weighted by atomic mass is 35.5. The van der Waals surface area contributed by atoms with Crippen molar-refractivity contribution in [3.63, 3.8) is 0 Å². The van der Waals surface area contributed by atoms with E-state index in [9.17, 15) is 4.79 Å².